The molecule has 0 saturated heterocycles. The predicted octanol–water partition coefficient (Wildman–Crippen LogP) is -2.74. The Morgan fingerprint density at radius 1 is 1.50 bits per heavy atom. The first kappa shape index (κ1) is 9.51. The quantitative estimate of drug-likeness (QED) is 0.166. The summed E-state index contributed by atoms with van der Waals surface area (Å²) >= 11 is 0. The third-order valence-corrected chi connectivity index (χ3v) is 0.165. The van der Waals surface area contributed by atoms with Gasteiger partial charge in [0, 0.05) is 6.08 Å². The molecule has 0 aliphatic rings. The molecular weight excluding hydrogens is 91.0 g/mol. The fraction of sp³-hybridized carbons (Fsp3) is 0. The summed E-state index contributed by atoms with van der Waals surface area (Å²) in [5.41, 5.74) is 0. The van der Waals surface area contributed by atoms with Crippen molar-refractivity contribution >= 4 is 6.29 Å². The Balaban J connectivity index is 0. The summed E-state index contributed by atoms with van der Waals surface area (Å²) in [6.07, 6.45) is 2.19. The number of hydrogen-bond acceptors (Lipinski definition) is 2. The van der Waals surface area contributed by atoms with Gasteiger partial charge in [0.15, 0.2) is 0 Å². The Kier molecular flexibility index (Phi) is 14.2. The summed E-state index contributed by atoms with van der Waals surface area (Å²) in [7, 11) is 0. The van der Waals surface area contributed by atoms with E-state index in [4.69, 9.17) is 9.90 Å². The van der Waals surface area contributed by atoms with Crippen LogP contribution >= 0.6 is 0 Å². The van der Waals surface area contributed by atoms with Gasteiger partial charge >= 0.3 is 29.6 Å². The number of allylic oxidation sites excluding steroid dienone is 1. The van der Waals surface area contributed by atoms with E-state index in [9.17, 15) is 0 Å². The molecule has 0 bridgehead atoms. The number of aliphatic hydroxyl groups excluding tert-OH is 1. The molecule has 1 N–H and O–H groups in total. The first-order valence-electron chi connectivity index (χ1n) is 1.16. The molecule has 0 fully saturated rings. The Bertz CT molecular complexity index is 50.8. The van der Waals surface area contributed by atoms with Gasteiger partial charge in [-0.25, -0.2) is 0 Å². The summed E-state index contributed by atoms with van der Waals surface area (Å²) < 4.78 is 0. The van der Waals surface area contributed by atoms with Crippen LogP contribution in [0, 0.1) is 0 Å². The minimum Gasteiger partial charge on any atom is -0.515 e. The molecule has 0 aromatic rings. The molecule has 0 spiro atoms. The SMILES string of the molecule is O=C/C=C/O.[Na+]. The van der Waals surface area contributed by atoms with E-state index in [1.54, 1.807) is 0 Å². The zero-order valence-electron chi connectivity index (χ0n) is 3.59. The predicted molar refractivity (Wildman–Crippen MR) is 17.8 cm³/mol. The zero-order valence-corrected chi connectivity index (χ0v) is 5.59. The van der Waals surface area contributed by atoms with Gasteiger partial charge in [-0.1, -0.05) is 0 Å². The molecule has 0 saturated carbocycles. The molecule has 0 amide bonds. The van der Waals surface area contributed by atoms with E-state index in [1.807, 2.05) is 0 Å². The maximum Gasteiger partial charge on any atom is 1.00 e. The third kappa shape index (κ3) is 8.88. The molecule has 3 heteroatoms. The second-order valence-corrected chi connectivity index (χ2v) is 0.478. The van der Waals surface area contributed by atoms with Gasteiger partial charge in [0.25, 0.3) is 0 Å². The summed E-state index contributed by atoms with van der Waals surface area (Å²) in [5.74, 6) is 0. The van der Waals surface area contributed by atoms with Crippen LogP contribution < -0.4 is 29.6 Å². The second-order valence-electron chi connectivity index (χ2n) is 0.478. The molecule has 0 radical (unpaired) electrons. The first-order valence-corrected chi connectivity index (χ1v) is 1.16. The van der Waals surface area contributed by atoms with Crippen LogP contribution in [0.25, 0.3) is 0 Å². The molecule has 28 valence electrons. The first-order chi connectivity index (χ1) is 2.41. The molecule has 0 heterocycles. The maximum absolute atomic E-state index is 9.16. The van der Waals surface area contributed by atoms with Crippen LogP contribution in [-0.2, 0) is 4.79 Å². The normalized spacial score (nSPS) is 7.33. The van der Waals surface area contributed by atoms with E-state index >= 15 is 0 Å². The van der Waals surface area contributed by atoms with Gasteiger partial charge in [0.2, 0.25) is 0 Å². The van der Waals surface area contributed by atoms with E-state index in [2.05, 4.69) is 0 Å². The van der Waals surface area contributed by atoms with E-state index < -0.39 is 0 Å². The van der Waals surface area contributed by atoms with Crippen LogP contribution in [0.1, 0.15) is 0 Å². The van der Waals surface area contributed by atoms with Gasteiger partial charge in [-0.3, -0.25) is 4.79 Å². The van der Waals surface area contributed by atoms with Crippen molar-refractivity contribution in [1.82, 2.24) is 0 Å². The average molecular weight is 95.1 g/mol. The van der Waals surface area contributed by atoms with Crippen molar-refractivity contribution in [3.63, 3.8) is 0 Å². The van der Waals surface area contributed by atoms with E-state index in [0.717, 1.165) is 6.08 Å². The number of hydrogen-bond donors (Lipinski definition) is 1. The molecule has 0 atom stereocenters. The minimum atomic E-state index is 0. The fourth-order valence-corrected chi connectivity index (χ4v) is 0.0351. The van der Waals surface area contributed by atoms with Gasteiger partial charge in [0.05, 0.1) is 6.26 Å². The summed E-state index contributed by atoms with van der Waals surface area (Å²) in [6.45, 7) is 0. The number of aldehydes is 1. The molecular formula is C3H4NaO2+. The largest absolute Gasteiger partial charge is 1.00 e. The Hall–Kier alpha value is 0.210. The van der Waals surface area contributed by atoms with Crippen molar-refractivity contribution in [2.75, 3.05) is 0 Å². The zero-order chi connectivity index (χ0) is 4.12. The molecule has 0 aromatic heterocycles. The maximum atomic E-state index is 9.16. The van der Waals surface area contributed by atoms with Crippen molar-refractivity contribution in [2.45, 2.75) is 0 Å². The van der Waals surface area contributed by atoms with Crippen LogP contribution in [-0.4, -0.2) is 11.4 Å². The van der Waals surface area contributed by atoms with Crippen LogP contribution in [0.3, 0.4) is 0 Å². The third-order valence-electron chi connectivity index (χ3n) is 0.165. The van der Waals surface area contributed by atoms with E-state index in [-0.39, 0.29) is 29.6 Å². The van der Waals surface area contributed by atoms with Crippen molar-refractivity contribution in [1.29, 1.82) is 0 Å². The van der Waals surface area contributed by atoms with Gasteiger partial charge in [-0.2, -0.15) is 0 Å². The fourth-order valence-electron chi connectivity index (χ4n) is 0.0351. The van der Waals surface area contributed by atoms with Gasteiger partial charge in [0.1, 0.15) is 6.29 Å². The summed E-state index contributed by atoms with van der Waals surface area (Å²) in [5, 5.41) is 7.65. The van der Waals surface area contributed by atoms with Gasteiger partial charge in [-0.15, -0.1) is 0 Å². The molecule has 0 aliphatic heterocycles. The van der Waals surface area contributed by atoms with Crippen LogP contribution in [0.15, 0.2) is 12.3 Å². The monoisotopic (exact) mass is 95.0 g/mol. The van der Waals surface area contributed by atoms with E-state index in [0.29, 0.717) is 12.5 Å². The van der Waals surface area contributed by atoms with Crippen LogP contribution in [0.2, 0.25) is 0 Å². The summed E-state index contributed by atoms with van der Waals surface area (Å²) in [4.78, 5) is 9.16. The number of carbonyl (C=O) groups excluding carboxylic acids is 1. The molecule has 0 aromatic carbocycles. The molecule has 0 aliphatic carbocycles. The standard InChI is InChI=1S/C3H4O2.Na/c4-2-1-3-5;/h1-4H;/q;+1/b2-1+;. The van der Waals surface area contributed by atoms with Gasteiger partial charge in [-0.05, 0) is 0 Å². The van der Waals surface area contributed by atoms with Crippen LogP contribution in [0.5, 0.6) is 0 Å². The number of rotatable bonds is 1. The van der Waals surface area contributed by atoms with E-state index in [1.165, 1.54) is 0 Å². The Morgan fingerprint density at radius 3 is 2.00 bits per heavy atom. The van der Waals surface area contributed by atoms with Crippen molar-refractivity contribution < 1.29 is 39.5 Å². The summed E-state index contributed by atoms with van der Waals surface area (Å²) in [6, 6.07) is 0. The Morgan fingerprint density at radius 2 is 2.00 bits per heavy atom. The molecule has 6 heavy (non-hydrogen) atoms. The van der Waals surface area contributed by atoms with Crippen molar-refractivity contribution in [2.24, 2.45) is 0 Å². The molecule has 0 unspecified atom stereocenters. The van der Waals surface area contributed by atoms with Crippen molar-refractivity contribution in [3.8, 4) is 0 Å². The molecule has 2 nitrogen and oxygen atoms in total. The van der Waals surface area contributed by atoms with Crippen LogP contribution in [0.4, 0.5) is 0 Å². The average Bonchev–Trinajstić information content (AvgIpc) is 1.41. The molecule has 0 rings (SSSR count). The Labute approximate surface area is 58.1 Å². The topological polar surface area (TPSA) is 37.3 Å². The van der Waals surface area contributed by atoms with Crippen molar-refractivity contribution in [3.05, 3.63) is 12.3 Å². The second kappa shape index (κ2) is 8.96. The smallest absolute Gasteiger partial charge is 0.515 e. The number of aliphatic hydroxyl groups is 1. The van der Waals surface area contributed by atoms with Gasteiger partial charge < -0.3 is 5.11 Å². The number of carbonyl (C=O) groups is 1. The minimum absolute atomic E-state index is 0.